The van der Waals surface area contributed by atoms with Crippen LogP contribution in [0.4, 0.5) is 5.69 Å². The number of carbonyl (C=O) groups excluding carboxylic acids is 2. The monoisotopic (exact) mass is 249 g/mol. The van der Waals surface area contributed by atoms with Crippen molar-refractivity contribution < 1.29 is 14.3 Å². The van der Waals surface area contributed by atoms with Gasteiger partial charge >= 0.3 is 5.97 Å². The van der Waals surface area contributed by atoms with Gasteiger partial charge in [-0.15, -0.1) is 0 Å². The van der Waals surface area contributed by atoms with E-state index in [0.29, 0.717) is 5.92 Å². The molecule has 4 nitrogen and oxygen atoms in total. The highest BCUT2D eigenvalue weighted by Gasteiger charge is 2.15. The first kappa shape index (κ1) is 14.2. The van der Waals surface area contributed by atoms with Gasteiger partial charge in [0.2, 0.25) is 5.91 Å². The van der Waals surface area contributed by atoms with Crippen molar-refractivity contribution in [3.8, 4) is 0 Å². The predicted molar refractivity (Wildman–Crippen MR) is 70.6 cm³/mol. The first-order chi connectivity index (χ1) is 8.45. The van der Waals surface area contributed by atoms with E-state index in [-0.39, 0.29) is 12.3 Å². The van der Waals surface area contributed by atoms with E-state index in [9.17, 15) is 9.59 Å². The van der Waals surface area contributed by atoms with Crippen LogP contribution < -0.4 is 4.90 Å². The maximum absolute atomic E-state index is 11.8. The largest absolute Gasteiger partial charge is 0.469 e. The molecular formula is C14H19NO3. The number of benzene rings is 1. The lowest BCUT2D eigenvalue weighted by Gasteiger charge is -2.17. The minimum atomic E-state index is -0.523. The van der Waals surface area contributed by atoms with Crippen molar-refractivity contribution in [2.45, 2.75) is 26.2 Å². The SMILES string of the molecule is COC(=O)CC(=O)N(C)c1ccc(C(C)C)cc1. The van der Waals surface area contributed by atoms with Crippen LogP contribution >= 0.6 is 0 Å². The van der Waals surface area contributed by atoms with Gasteiger partial charge in [0.15, 0.2) is 0 Å². The van der Waals surface area contributed by atoms with E-state index in [0.717, 1.165) is 5.69 Å². The number of nitrogens with zero attached hydrogens (tertiary/aromatic N) is 1. The Morgan fingerprint density at radius 3 is 2.22 bits per heavy atom. The molecule has 18 heavy (non-hydrogen) atoms. The van der Waals surface area contributed by atoms with Crippen LogP contribution in [0.3, 0.4) is 0 Å². The lowest BCUT2D eigenvalue weighted by atomic mass is 10.0. The number of methoxy groups -OCH3 is 1. The summed E-state index contributed by atoms with van der Waals surface area (Å²) in [7, 11) is 2.92. The van der Waals surface area contributed by atoms with Crippen LogP contribution in [0, 0.1) is 0 Å². The lowest BCUT2D eigenvalue weighted by Crippen LogP contribution is -2.28. The van der Waals surface area contributed by atoms with Crippen molar-refractivity contribution in [3.05, 3.63) is 29.8 Å². The van der Waals surface area contributed by atoms with Crippen LogP contribution in [-0.2, 0) is 14.3 Å². The van der Waals surface area contributed by atoms with E-state index in [4.69, 9.17) is 0 Å². The van der Waals surface area contributed by atoms with Gasteiger partial charge in [-0.1, -0.05) is 26.0 Å². The highest BCUT2D eigenvalue weighted by Crippen LogP contribution is 2.19. The Bertz CT molecular complexity index is 423. The minimum Gasteiger partial charge on any atom is -0.469 e. The third-order valence-corrected chi connectivity index (χ3v) is 2.84. The molecule has 0 unspecified atom stereocenters. The number of carbonyl (C=O) groups is 2. The van der Waals surface area contributed by atoms with Gasteiger partial charge in [0.25, 0.3) is 0 Å². The first-order valence-electron chi connectivity index (χ1n) is 5.89. The summed E-state index contributed by atoms with van der Waals surface area (Å²) in [6.07, 6.45) is -0.237. The fourth-order valence-corrected chi connectivity index (χ4v) is 1.54. The first-order valence-corrected chi connectivity index (χ1v) is 5.89. The average molecular weight is 249 g/mol. The molecule has 4 heteroatoms. The van der Waals surface area contributed by atoms with Crippen molar-refractivity contribution in [1.82, 2.24) is 0 Å². The molecule has 0 aliphatic carbocycles. The van der Waals surface area contributed by atoms with Crippen molar-refractivity contribution in [2.75, 3.05) is 19.1 Å². The van der Waals surface area contributed by atoms with Gasteiger partial charge in [0.05, 0.1) is 7.11 Å². The summed E-state index contributed by atoms with van der Waals surface area (Å²) in [5.41, 5.74) is 1.99. The molecular weight excluding hydrogens is 230 g/mol. The topological polar surface area (TPSA) is 46.6 Å². The van der Waals surface area contributed by atoms with Gasteiger partial charge in [0, 0.05) is 12.7 Å². The van der Waals surface area contributed by atoms with Crippen molar-refractivity contribution in [1.29, 1.82) is 0 Å². The Kier molecular flexibility index (Phi) is 4.89. The molecule has 0 radical (unpaired) electrons. The third kappa shape index (κ3) is 3.58. The van der Waals surface area contributed by atoms with Gasteiger partial charge in [-0.2, -0.15) is 0 Å². The quantitative estimate of drug-likeness (QED) is 0.608. The number of hydrogen-bond donors (Lipinski definition) is 0. The minimum absolute atomic E-state index is 0.237. The zero-order chi connectivity index (χ0) is 13.7. The number of rotatable bonds is 4. The summed E-state index contributed by atoms with van der Waals surface area (Å²) in [4.78, 5) is 24.2. The molecule has 0 aromatic heterocycles. The Balaban J connectivity index is 2.74. The molecule has 98 valence electrons. The predicted octanol–water partition coefficient (Wildman–Crippen LogP) is 2.34. The summed E-state index contributed by atoms with van der Waals surface area (Å²) >= 11 is 0. The molecule has 0 spiro atoms. The molecule has 0 aliphatic rings. The van der Waals surface area contributed by atoms with Gasteiger partial charge in [-0.25, -0.2) is 0 Å². The molecule has 0 atom stereocenters. The van der Waals surface area contributed by atoms with E-state index >= 15 is 0 Å². The zero-order valence-electron chi connectivity index (χ0n) is 11.3. The van der Waals surface area contributed by atoms with Crippen LogP contribution in [0.2, 0.25) is 0 Å². The molecule has 0 saturated carbocycles. The average Bonchev–Trinajstić information content (AvgIpc) is 2.37. The number of hydrogen-bond acceptors (Lipinski definition) is 3. The van der Waals surface area contributed by atoms with E-state index in [1.54, 1.807) is 7.05 Å². The second-order valence-electron chi connectivity index (χ2n) is 4.45. The molecule has 1 aromatic rings. The summed E-state index contributed by atoms with van der Waals surface area (Å²) in [5.74, 6) is -0.347. The number of esters is 1. The Morgan fingerprint density at radius 1 is 1.22 bits per heavy atom. The fraction of sp³-hybridized carbons (Fsp3) is 0.429. The summed E-state index contributed by atoms with van der Waals surface area (Å²) in [6, 6.07) is 7.73. The van der Waals surface area contributed by atoms with Crippen LogP contribution in [0.1, 0.15) is 31.7 Å². The molecule has 1 aromatic carbocycles. The Hall–Kier alpha value is -1.84. The highest BCUT2D eigenvalue weighted by molar-refractivity contribution is 6.03. The Labute approximate surface area is 108 Å². The van der Waals surface area contributed by atoms with E-state index < -0.39 is 5.97 Å². The standard InChI is InChI=1S/C14H19NO3/c1-10(2)11-5-7-12(8-6-11)15(3)13(16)9-14(17)18-4/h5-8,10H,9H2,1-4H3. The normalized spacial score (nSPS) is 10.3. The van der Waals surface area contributed by atoms with E-state index in [1.165, 1.54) is 17.6 Å². The molecule has 0 fully saturated rings. The lowest BCUT2D eigenvalue weighted by molar-refractivity contribution is -0.143. The van der Waals surface area contributed by atoms with Gasteiger partial charge < -0.3 is 9.64 Å². The van der Waals surface area contributed by atoms with Gasteiger partial charge in [-0.05, 0) is 23.6 Å². The molecule has 0 bridgehead atoms. The molecule has 0 heterocycles. The maximum atomic E-state index is 11.8. The molecule has 1 amide bonds. The second kappa shape index (κ2) is 6.19. The van der Waals surface area contributed by atoms with E-state index in [2.05, 4.69) is 18.6 Å². The molecule has 0 N–H and O–H groups in total. The third-order valence-electron chi connectivity index (χ3n) is 2.84. The molecule has 1 rings (SSSR count). The van der Waals surface area contributed by atoms with Crippen LogP contribution in [-0.4, -0.2) is 26.0 Å². The summed E-state index contributed by atoms with van der Waals surface area (Å²) < 4.78 is 4.47. The van der Waals surface area contributed by atoms with Crippen molar-refractivity contribution in [3.63, 3.8) is 0 Å². The Morgan fingerprint density at radius 2 is 1.78 bits per heavy atom. The summed E-state index contributed by atoms with van der Waals surface area (Å²) in [5, 5.41) is 0. The number of anilines is 1. The van der Waals surface area contributed by atoms with Gasteiger partial charge in [0.1, 0.15) is 6.42 Å². The molecule has 0 aliphatic heterocycles. The zero-order valence-corrected chi connectivity index (χ0v) is 11.3. The van der Waals surface area contributed by atoms with Crippen molar-refractivity contribution >= 4 is 17.6 Å². The summed E-state index contributed by atoms with van der Waals surface area (Å²) in [6.45, 7) is 4.22. The van der Waals surface area contributed by atoms with Crippen molar-refractivity contribution in [2.24, 2.45) is 0 Å². The number of ether oxygens (including phenoxy) is 1. The maximum Gasteiger partial charge on any atom is 0.315 e. The van der Waals surface area contributed by atoms with Crippen LogP contribution in [0.15, 0.2) is 24.3 Å². The number of amides is 1. The highest BCUT2D eigenvalue weighted by atomic mass is 16.5. The van der Waals surface area contributed by atoms with Crippen LogP contribution in [0.25, 0.3) is 0 Å². The van der Waals surface area contributed by atoms with Gasteiger partial charge in [-0.3, -0.25) is 9.59 Å². The second-order valence-corrected chi connectivity index (χ2v) is 4.45. The van der Waals surface area contributed by atoms with E-state index in [1.807, 2.05) is 24.3 Å². The molecule has 0 saturated heterocycles. The smallest absolute Gasteiger partial charge is 0.315 e. The van der Waals surface area contributed by atoms with Crippen LogP contribution in [0.5, 0.6) is 0 Å². The fourth-order valence-electron chi connectivity index (χ4n) is 1.54.